The Hall–Kier alpha value is -2.23. The molecule has 1 amide bonds. The number of aryl methyl sites for hydroxylation is 1. The molecule has 1 fully saturated rings. The van der Waals surface area contributed by atoms with Gasteiger partial charge in [0.25, 0.3) is 5.91 Å². The monoisotopic (exact) mass is 492 g/mol. The van der Waals surface area contributed by atoms with Gasteiger partial charge >= 0.3 is 5.97 Å². The second-order valence-electron chi connectivity index (χ2n) is 7.39. The van der Waals surface area contributed by atoms with Gasteiger partial charge in [0.05, 0.1) is 10.5 Å². The van der Waals surface area contributed by atoms with Crippen molar-refractivity contribution in [1.82, 2.24) is 4.72 Å². The van der Waals surface area contributed by atoms with Crippen LogP contribution in [0.4, 0.5) is 5.69 Å². The number of anilines is 1. The molecule has 4 rings (SSSR count). The van der Waals surface area contributed by atoms with Crippen molar-refractivity contribution in [3.05, 3.63) is 58.1 Å². The largest absolute Gasteiger partial charge is 0.452 e. The summed E-state index contributed by atoms with van der Waals surface area (Å²) in [6.07, 6.45) is 3.37. The molecule has 2 aromatic rings. The van der Waals surface area contributed by atoms with E-state index in [1.54, 1.807) is 4.90 Å². The summed E-state index contributed by atoms with van der Waals surface area (Å²) in [6, 6.07) is 11.8. The van der Waals surface area contributed by atoms with Gasteiger partial charge in [-0.25, -0.2) is 17.9 Å². The number of nitrogens with one attached hydrogen (secondary N) is 1. The minimum absolute atomic E-state index is 0.0131. The maximum absolute atomic E-state index is 12.7. The van der Waals surface area contributed by atoms with Crippen LogP contribution in [0.15, 0.2) is 51.8 Å². The van der Waals surface area contributed by atoms with E-state index in [1.165, 1.54) is 18.2 Å². The maximum atomic E-state index is 12.7. The van der Waals surface area contributed by atoms with Gasteiger partial charge in [-0.3, -0.25) is 4.79 Å². The van der Waals surface area contributed by atoms with E-state index in [4.69, 9.17) is 4.74 Å². The van der Waals surface area contributed by atoms with Gasteiger partial charge in [-0.1, -0.05) is 18.2 Å². The fraction of sp³-hybridized carbons (Fsp3) is 0.333. The number of ether oxygens (including phenoxy) is 1. The molecule has 0 saturated heterocycles. The number of nitrogens with zero attached hydrogens (tertiary/aromatic N) is 1. The van der Waals surface area contributed by atoms with Gasteiger partial charge in [-0.15, -0.1) is 0 Å². The molecule has 2 aromatic carbocycles. The third-order valence-electron chi connectivity index (χ3n) is 5.11. The number of benzene rings is 2. The lowest BCUT2D eigenvalue weighted by atomic mass is 10.0. The van der Waals surface area contributed by atoms with Crippen LogP contribution in [0.1, 0.15) is 35.2 Å². The van der Waals surface area contributed by atoms with E-state index < -0.39 is 22.6 Å². The lowest BCUT2D eigenvalue weighted by Gasteiger charge is -2.29. The highest BCUT2D eigenvalue weighted by Gasteiger charge is 2.29. The SMILES string of the molecule is O=C(OCC(=O)N1CCCc2ccccc21)c1cc(S(=O)(=O)NC2CC2)ccc1Br. The minimum atomic E-state index is -3.71. The summed E-state index contributed by atoms with van der Waals surface area (Å²) in [4.78, 5) is 26.9. The first-order valence-corrected chi connectivity index (χ1v) is 12.0. The zero-order valence-corrected chi connectivity index (χ0v) is 18.5. The highest BCUT2D eigenvalue weighted by atomic mass is 79.9. The summed E-state index contributed by atoms with van der Waals surface area (Å²) in [5.74, 6) is -1.07. The van der Waals surface area contributed by atoms with E-state index >= 15 is 0 Å². The summed E-state index contributed by atoms with van der Waals surface area (Å²) >= 11 is 3.25. The number of para-hydroxylation sites is 1. The zero-order chi connectivity index (χ0) is 21.3. The smallest absolute Gasteiger partial charge is 0.339 e. The van der Waals surface area contributed by atoms with Crippen molar-refractivity contribution in [2.24, 2.45) is 0 Å². The molecule has 2 aliphatic rings. The number of rotatable bonds is 6. The van der Waals surface area contributed by atoms with Crippen LogP contribution in [0.2, 0.25) is 0 Å². The lowest BCUT2D eigenvalue weighted by molar-refractivity contribution is -0.121. The summed E-state index contributed by atoms with van der Waals surface area (Å²) in [7, 11) is -3.71. The first kappa shape index (κ1) is 21.0. The number of esters is 1. The van der Waals surface area contributed by atoms with Crippen LogP contribution < -0.4 is 9.62 Å². The molecular weight excluding hydrogens is 472 g/mol. The number of hydrogen-bond acceptors (Lipinski definition) is 5. The highest BCUT2D eigenvalue weighted by molar-refractivity contribution is 9.10. The third kappa shape index (κ3) is 4.58. The minimum Gasteiger partial charge on any atom is -0.452 e. The van der Waals surface area contributed by atoms with Gasteiger partial charge in [0.15, 0.2) is 6.61 Å². The van der Waals surface area contributed by atoms with E-state index in [0.29, 0.717) is 11.0 Å². The average Bonchev–Trinajstić information content (AvgIpc) is 3.54. The summed E-state index contributed by atoms with van der Waals surface area (Å²) in [5, 5.41) is 0. The normalized spacial score (nSPS) is 16.1. The summed E-state index contributed by atoms with van der Waals surface area (Å²) < 4.78 is 33.0. The zero-order valence-electron chi connectivity index (χ0n) is 16.1. The van der Waals surface area contributed by atoms with Crippen LogP contribution >= 0.6 is 15.9 Å². The first-order chi connectivity index (χ1) is 14.3. The second kappa shape index (κ2) is 8.49. The van der Waals surface area contributed by atoms with Crippen molar-refractivity contribution in [3.63, 3.8) is 0 Å². The molecular formula is C21H21BrN2O5S. The fourth-order valence-corrected chi connectivity index (χ4v) is 5.13. The van der Waals surface area contributed by atoms with Gasteiger partial charge in [0.2, 0.25) is 10.0 Å². The lowest BCUT2D eigenvalue weighted by Crippen LogP contribution is -2.38. The Balaban J connectivity index is 1.45. The standard InChI is InChI=1S/C21H21BrN2O5S/c22-18-10-9-16(30(27,28)23-15-7-8-15)12-17(18)21(26)29-13-20(25)24-11-3-5-14-4-1-2-6-19(14)24/h1-2,4,6,9-10,12,15,23H,3,5,7-8,11,13H2. The number of sulfonamides is 1. The number of carbonyl (C=O) groups excluding carboxylic acids is 2. The number of hydrogen-bond donors (Lipinski definition) is 1. The Morgan fingerprint density at radius 2 is 1.93 bits per heavy atom. The number of carbonyl (C=O) groups is 2. The molecule has 30 heavy (non-hydrogen) atoms. The molecule has 0 aromatic heterocycles. The third-order valence-corrected chi connectivity index (χ3v) is 7.31. The molecule has 0 radical (unpaired) electrons. The number of fused-ring (bicyclic) bond motifs is 1. The van der Waals surface area contributed by atoms with Crippen molar-refractivity contribution < 1.29 is 22.7 Å². The fourth-order valence-electron chi connectivity index (χ4n) is 3.39. The molecule has 1 aliphatic carbocycles. The van der Waals surface area contributed by atoms with Crippen LogP contribution in [0.25, 0.3) is 0 Å². The number of amides is 1. The molecule has 158 valence electrons. The predicted octanol–water partition coefficient (Wildman–Crippen LogP) is 3.03. The molecule has 1 N–H and O–H groups in total. The maximum Gasteiger partial charge on any atom is 0.339 e. The predicted molar refractivity (Wildman–Crippen MR) is 115 cm³/mol. The van der Waals surface area contributed by atoms with Crippen molar-refractivity contribution in [1.29, 1.82) is 0 Å². The van der Waals surface area contributed by atoms with Gasteiger partial charge in [0.1, 0.15) is 0 Å². The molecule has 7 nitrogen and oxygen atoms in total. The molecule has 1 heterocycles. The van der Waals surface area contributed by atoms with E-state index in [9.17, 15) is 18.0 Å². The van der Waals surface area contributed by atoms with E-state index in [1.807, 2.05) is 24.3 Å². The Bertz CT molecular complexity index is 1100. The molecule has 9 heteroatoms. The van der Waals surface area contributed by atoms with Gasteiger partial charge in [0, 0.05) is 22.7 Å². The molecule has 1 saturated carbocycles. The van der Waals surface area contributed by atoms with Crippen molar-refractivity contribution in [2.45, 2.75) is 36.6 Å². The Labute approximate surface area is 183 Å². The molecule has 1 aliphatic heterocycles. The Morgan fingerprint density at radius 3 is 2.70 bits per heavy atom. The average molecular weight is 493 g/mol. The Kier molecular flexibility index (Phi) is 5.95. The second-order valence-corrected chi connectivity index (χ2v) is 9.96. The molecule has 0 spiro atoms. The van der Waals surface area contributed by atoms with Gasteiger partial charge in [-0.2, -0.15) is 0 Å². The van der Waals surface area contributed by atoms with Gasteiger partial charge in [-0.05, 0) is 71.4 Å². The molecule has 0 atom stereocenters. The quantitative estimate of drug-likeness (QED) is 0.625. The molecule has 0 unspecified atom stereocenters. The van der Waals surface area contributed by atoms with Crippen LogP contribution in [0.3, 0.4) is 0 Å². The van der Waals surface area contributed by atoms with E-state index in [2.05, 4.69) is 20.7 Å². The van der Waals surface area contributed by atoms with Gasteiger partial charge < -0.3 is 9.64 Å². The summed E-state index contributed by atoms with van der Waals surface area (Å²) in [6.45, 7) is 0.147. The van der Waals surface area contributed by atoms with Crippen LogP contribution in [0, 0.1) is 0 Å². The van der Waals surface area contributed by atoms with Crippen LogP contribution in [0.5, 0.6) is 0 Å². The Morgan fingerprint density at radius 1 is 1.17 bits per heavy atom. The van der Waals surface area contributed by atoms with Crippen LogP contribution in [-0.4, -0.2) is 39.5 Å². The van der Waals surface area contributed by atoms with Crippen LogP contribution in [-0.2, 0) is 26.0 Å². The van der Waals surface area contributed by atoms with Crippen molar-refractivity contribution in [2.75, 3.05) is 18.1 Å². The first-order valence-electron chi connectivity index (χ1n) is 9.72. The highest BCUT2D eigenvalue weighted by Crippen LogP contribution is 2.28. The van der Waals surface area contributed by atoms with E-state index in [-0.39, 0.29) is 22.4 Å². The van der Waals surface area contributed by atoms with E-state index in [0.717, 1.165) is 36.9 Å². The number of halogens is 1. The molecule has 0 bridgehead atoms. The topological polar surface area (TPSA) is 92.8 Å². The van der Waals surface area contributed by atoms with Crippen molar-refractivity contribution in [3.8, 4) is 0 Å². The summed E-state index contributed by atoms with van der Waals surface area (Å²) in [5.41, 5.74) is 1.98. The van der Waals surface area contributed by atoms with Crippen molar-refractivity contribution >= 4 is 43.5 Å².